The molecule has 0 atom stereocenters. The van der Waals surface area contributed by atoms with E-state index < -0.39 is 28.5 Å². The second-order valence-electron chi connectivity index (χ2n) is 7.72. The first-order chi connectivity index (χ1) is 17.0. The molecule has 0 saturated heterocycles. The Labute approximate surface area is 208 Å². The average molecular weight is 509 g/mol. The first-order valence-corrected chi connectivity index (χ1v) is 12.1. The maximum absolute atomic E-state index is 12.4. The molecule has 10 nitrogen and oxygen atoms in total. The van der Waals surface area contributed by atoms with Gasteiger partial charge in [0.1, 0.15) is 17.4 Å². The van der Waals surface area contributed by atoms with Crippen molar-refractivity contribution in [2.75, 3.05) is 19.0 Å². The Morgan fingerprint density at radius 1 is 1.11 bits per heavy atom. The Kier molecular flexibility index (Phi) is 7.93. The van der Waals surface area contributed by atoms with Crippen LogP contribution >= 0.6 is 0 Å². The van der Waals surface area contributed by atoms with E-state index in [9.17, 15) is 23.3 Å². The van der Waals surface area contributed by atoms with Crippen LogP contribution in [0.1, 0.15) is 17.0 Å². The van der Waals surface area contributed by atoms with Gasteiger partial charge in [-0.05, 0) is 80.1 Å². The summed E-state index contributed by atoms with van der Waals surface area (Å²) in [4.78, 5) is 24.5. The molecule has 0 aliphatic rings. The number of anilines is 1. The summed E-state index contributed by atoms with van der Waals surface area (Å²) in [5.74, 6) is -0.895. The molecule has 3 N–H and O–H groups in total. The number of carbonyl (C=O) groups is 2. The quantitative estimate of drug-likeness (QED) is 0.269. The standard InChI is InChI=1S/C25H24N4O6S/c1-16-12-18(17(2)29(16)21-6-8-22(34-3)9-7-21)13-19(14-26)25(31)35-15-24(30)28-20-4-10-23(11-5-20)36(27,32)33/h4-13H,15H2,1-3H3,(H,28,30)(H2,27,32,33)/b19-13+. The van der Waals surface area contributed by atoms with Crippen molar-refractivity contribution < 1.29 is 27.5 Å². The first-order valence-electron chi connectivity index (χ1n) is 10.6. The van der Waals surface area contributed by atoms with Crippen LogP contribution in [-0.2, 0) is 24.3 Å². The number of primary sulfonamides is 1. The number of nitrogens with one attached hydrogen (secondary N) is 1. The van der Waals surface area contributed by atoms with Crippen molar-refractivity contribution in [2.24, 2.45) is 5.14 Å². The summed E-state index contributed by atoms with van der Waals surface area (Å²) < 4.78 is 34.8. The molecule has 186 valence electrons. The SMILES string of the molecule is COc1ccc(-n2c(C)cc(/C=C(\C#N)C(=O)OCC(=O)Nc3ccc(S(N)(=O)=O)cc3)c2C)cc1. The predicted octanol–water partition coefficient (Wildman–Crippen LogP) is 2.84. The maximum Gasteiger partial charge on any atom is 0.349 e. The van der Waals surface area contributed by atoms with Gasteiger partial charge >= 0.3 is 5.97 Å². The van der Waals surface area contributed by atoms with Crippen LogP contribution in [0.4, 0.5) is 5.69 Å². The minimum Gasteiger partial charge on any atom is -0.497 e. The van der Waals surface area contributed by atoms with Crippen molar-refractivity contribution in [1.29, 1.82) is 5.26 Å². The number of nitrogens with two attached hydrogens (primary N) is 1. The number of nitrogens with zero attached hydrogens (tertiary/aromatic N) is 2. The van der Waals surface area contributed by atoms with E-state index in [0.29, 0.717) is 5.56 Å². The van der Waals surface area contributed by atoms with Gasteiger partial charge in [0.05, 0.1) is 12.0 Å². The molecule has 0 unspecified atom stereocenters. The van der Waals surface area contributed by atoms with Gasteiger partial charge < -0.3 is 19.4 Å². The maximum atomic E-state index is 12.4. The van der Waals surface area contributed by atoms with Crippen LogP contribution in [0.2, 0.25) is 0 Å². The molecule has 3 rings (SSSR count). The van der Waals surface area contributed by atoms with E-state index in [1.165, 1.54) is 30.3 Å². The molecule has 0 aliphatic carbocycles. The Hall–Kier alpha value is -4.40. The number of aromatic nitrogens is 1. The Bertz CT molecular complexity index is 1460. The lowest BCUT2D eigenvalue weighted by Crippen LogP contribution is -2.21. The number of hydrogen-bond acceptors (Lipinski definition) is 7. The molecule has 0 spiro atoms. The Balaban J connectivity index is 1.69. The zero-order valence-electron chi connectivity index (χ0n) is 19.8. The number of methoxy groups -OCH3 is 1. The molecular formula is C25H24N4O6S. The molecule has 3 aromatic rings. The molecule has 2 aromatic carbocycles. The minimum absolute atomic E-state index is 0.109. The van der Waals surface area contributed by atoms with Crippen molar-refractivity contribution in [1.82, 2.24) is 4.57 Å². The van der Waals surface area contributed by atoms with Crippen molar-refractivity contribution >= 4 is 33.7 Å². The van der Waals surface area contributed by atoms with Crippen molar-refractivity contribution in [2.45, 2.75) is 18.7 Å². The summed E-state index contributed by atoms with van der Waals surface area (Å²) in [6, 6.07) is 16.3. The zero-order chi connectivity index (χ0) is 26.5. The van der Waals surface area contributed by atoms with Gasteiger partial charge in [-0.1, -0.05) is 0 Å². The smallest absolute Gasteiger partial charge is 0.349 e. The number of hydrogen-bond donors (Lipinski definition) is 2. The highest BCUT2D eigenvalue weighted by Crippen LogP contribution is 2.24. The number of amides is 1. The van der Waals surface area contributed by atoms with Gasteiger partial charge in [-0.3, -0.25) is 4.79 Å². The van der Waals surface area contributed by atoms with E-state index in [-0.39, 0.29) is 16.2 Å². The molecule has 11 heteroatoms. The lowest BCUT2D eigenvalue weighted by Gasteiger charge is -2.10. The van der Waals surface area contributed by atoms with Crippen LogP contribution in [0.3, 0.4) is 0 Å². The van der Waals surface area contributed by atoms with Crippen molar-refractivity contribution in [3.63, 3.8) is 0 Å². The number of rotatable bonds is 8. The topological polar surface area (TPSA) is 154 Å². The van der Waals surface area contributed by atoms with Gasteiger partial charge in [0.25, 0.3) is 5.91 Å². The third-order valence-electron chi connectivity index (χ3n) is 5.24. The molecule has 0 saturated carbocycles. The summed E-state index contributed by atoms with van der Waals surface area (Å²) in [6.07, 6.45) is 1.41. The lowest BCUT2D eigenvalue weighted by atomic mass is 10.1. The Morgan fingerprint density at radius 3 is 2.31 bits per heavy atom. The molecule has 0 radical (unpaired) electrons. The molecule has 0 fully saturated rings. The summed E-state index contributed by atoms with van der Waals surface area (Å²) in [5.41, 5.74) is 3.25. The van der Waals surface area contributed by atoms with Gasteiger partial charge in [-0.25, -0.2) is 18.4 Å². The van der Waals surface area contributed by atoms with Gasteiger partial charge in [0.15, 0.2) is 6.61 Å². The second kappa shape index (κ2) is 10.9. The van der Waals surface area contributed by atoms with E-state index in [4.69, 9.17) is 14.6 Å². The van der Waals surface area contributed by atoms with Crippen LogP contribution in [0.15, 0.2) is 65.1 Å². The van der Waals surface area contributed by atoms with Gasteiger partial charge in [-0.2, -0.15) is 5.26 Å². The van der Waals surface area contributed by atoms with Gasteiger partial charge in [-0.15, -0.1) is 0 Å². The monoisotopic (exact) mass is 508 g/mol. The number of carbonyl (C=O) groups excluding carboxylic acids is 2. The number of nitriles is 1. The van der Waals surface area contributed by atoms with Crippen LogP contribution in [-0.4, -0.2) is 38.6 Å². The molecule has 1 aromatic heterocycles. The molecule has 1 heterocycles. The zero-order valence-corrected chi connectivity index (χ0v) is 20.6. The normalized spacial score (nSPS) is 11.5. The fourth-order valence-corrected chi connectivity index (χ4v) is 4.00. The van der Waals surface area contributed by atoms with Crippen molar-refractivity contribution in [3.05, 3.63) is 77.1 Å². The largest absolute Gasteiger partial charge is 0.497 e. The summed E-state index contributed by atoms with van der Waals surface area (Å²) >= 11 is 0. The van der Waals surface area contributed by atoms with E-state index in [0.717, 1.165) is 22.8 Å². The number of sulfonamides is 1. The minimum atomic E-state index is -3.86. The van der Waals surface area contributed by atoms with Gasteiger partial charge in [0, 0.05) is 22.8 Å². The summed E-state index contributed by atoms with van der Waals surface area (Å²) in [6.45, 7) is 3.12. The third kappa shape index (κ3) is 6.18. The number of ether oxygens (including phenoxy) is 2. The Morgan fingerprint density at radius 2 is 1.75 bits per heavy atom. The lowest BCUT2D eigenvalue weighted by molar-refractivity contribution is -0.142. The predicted molar refractivity (Wildman–Crippen MR) is 133 cm³/mol. The first kappa shape index (κ1) is 26.2. The molecular weight excluding hydrogens is 484 g/mol. The number of esters is 1. The average Bonchev–Trinajstić information content (AvgIpc) is 3.13. The molecule has 0 bridgehead atoms. The highest BCUT2D eigenvalue weighted by Gasteiger charge is 2.16. The second-order valence-corrected chi connectivity index (χ2v) is 9.28. The fraction of sp³-hybridized carbons (Fsp3) is 0.160. The van der Waals surface area contributed by atoms with E-state index >= 15 is 0 Å². The third-order valence-corrected chi connectivity index (χ3v) is 6.17. The van der Waals surface area contributed by atoms with E-state index in [1.807, 2.05) is 54.8 Å². The molecule has 0 aliphatic heterocycles. The highest BCUT2D eigenvalue weighted by atomic mass is 32.2. The van der Waals surface area contributed by atoms with Crippen LogP contribution in [0, 0.1) is 25.2 Å². The van der Waals surface area contributed by atoms with E-state index in [1.54, 1.807) is 7.11 Å². The van der Waals surface area contributed by atoms with Crippen molar-refractivity contribution in [3.8, 4) is 17.5 Å². The number of benzene rings is 2. The van der Waals surface area contributed by atoms with Gasteiger partial charge in [0.2, 0.25) is 10.0 Å². The molecule has 1 amide bonds. The van der Waals surface area contributed by atoms with Crippen LogP contribution in [0.25, 0.3) is 11.8 Å². The molecule has 36 heavy (non-hydrogen) atoms. The highest BCUT2D eigenvalue weighted by molar-refractivity contribution is 7.89. The fourth-order valence-electron chi connectivity index (χ4n) is 3.49. The summed E-state index contributed by atoms with van der Waals surface area (Å²) in [7, 11) is -2.27. The van der Waals surface area contributed by atoms with Crippen LogP contribution < -0.4 is 15.2 Å². The number of aryl methyl sites for hydroxylation is 1. The summed E-state index contributed by atoms with van der Waals surface area (Å²) in [5, 5.41) is 17.0. The van der Waals surface area contributed by atoms with Crippen LogP contribution in [0.5, 0.6) is 5.75 Å². The van der Waals surface area contributed by atoms with E-state index in [2.05, 4.69) is 5.32 Å².